The third-order valence-corrected chi connectivity index (χ3v) is 1.71. The summed E-state index contributed by atoms with van der Waals surface area (Å²) in [5, 5.41) is 2.28. The zero-order valence-corrected chi connectivity index (χ0v) is 8.71. The van der Waals surface area contributed by atoms with Crippen molar-refractivity contribution in [3.05, 3.63) is 24.3 Å². The SMILES string of the molecule is COc1cccc(OCCN=C=S)c1. The van der Waals surface area contributed by atoms with Crippen LogP contribution in [0.5, 0.6) is 11.5 Å². The minimum atomic E-state index is 0.497. The molecule has 0 fully saturated rings. The fraction of sp³-hybridized carbons (Fsp3) is 0.300. The van der Waals surface area contributed by atoms with Gasteiger partial charge in [-0.3, -0.25) is 0 Å². The zero-order chi connectivity index (χ0) is 10.2. The highest BCUT2D eigenvalue weighted by atomic mass is 32.1. The van der Waals surface area contributed by atoms with Crippen molar-refractivity contribution in [3.63, 3.8) is 0 Å². The van der Waals surface area contributed by atoms with Crippen molar-refractivity contribution in [3.8, 4) is 11.5 Å². The molecule has 0 saturated heterocycles. The van der Waals surface area contributed by atoms with Crippen LogP contribution in [-0.4, -0.2) is 25.4 Å². The van der Waals surface area contributed by atoms with Gasteiger partial charge < -0.3 is 9.47 Å². The van der Waals surface area contributed by atoms with Crippen molar-refractivity contribution in [1.29, 1.82) is 0 Å². The number of nitrogens with zero attached hydrogens (tertiary/aromatic N) is 1. The number of aliphatic imine (C=N–C) groups is 1. The van der Waals surface area contributed by atoms with Crippen LogP contribution in [0.25, 0.3) is 0 Å². The molecule has 0 aromatic heterocycles. The highest BCUT2D eigenvalue weighted by molar-refractivity contribution is 7.78. The molecule has 14 heavy (non-hydrogen) atoms. The van der Waals surface area contributed by atoms with Crippen molar-refractivity contribution in [2.45, 2.75) is 0 Å². The fourth-order valence-electron chi connectivity index (χ4n) is 0.946. The third-order valence-electron chi connectivity index (χ3n) is 1.58. The quantitative estimate of drug-likeness (QED) is 0.423. The average Bonchev–Trinajstić information content (AvgIpc) is 2.25. The molecule has 4 heteroatoms. The molecule has 0 amide bonds. The summed E-state index contributed by atoms with van der Waals surface area (Å²) in [5.41, 5.74) is 0. The monoisotopic (exact) mass is 209 g/mol. The highest BCUT2D eigenvalue weighted by Gasteiger charge is 1.95. The number of hydrogen-bond donors (Lipinski definition) is 0. The summed E-state index contributed by atoms with van der Waals surface area (Å²) in [7, 11) is 1.62. The summed E-state index contributed by atoms with van der Waals surface area (Å²) in [4.78, 5) is 3.74. The molecule has 0 aliphatic rings. The molecular formula is C10H11NO2S. The van der Waals surface area contributed by atoms with Gasteiger partial charge in [0, 0.05) is 6.07 Å². The molecular weight excluding hydrogens is 198 g/mol. The Bertz CT molecular complexity index is 335. The van der Waals surface area contributed by atoms with E-state index >= 15 is 0 Å². The Morgan fingerprint density at radius 2 is 2.21 bits per heavy atom. The van der Waals surface area contributed by atoms with Crippen molar-refractivity contribution in [2.24, 2.45) is 4.99 Å². The summed E-state index contributed by atoms with van der Waals surface area (Å²) < 4.78 is 10.4. The maximum atomic E-state index is 5.39. The predicted octanol–water partition coefficient (Wildman–Crippen LogP) is 2.18. The molecule has 0 bridgehead atoms. The molecule has 0 heterocycles. The van der Waals surface area contributed by atoms with Crippen molar-refractivity contribution < 1.29 is 9.47 Å². The molecule has 3 nitrogen and oxygen atoms in total. The van der Waals surface area contributed by atoms with Crippen LogP contribution in [0.15, 0.2) is 29.3 Å². The smallest absolute Gasteiger partial charge is 0.123 e. The number of benzene rings is 1. The Morgan fingerprint density at radius 3 is 2.93 bits per heavy atom. The van der Waals surface area contributed by atoms with Gasteiger partial charge in [0.15, 0.2) is 0 Å². The molecule has 0 unspecified atom stereocenters. The second kappa shape index (κ2) is 6.13. The molecule has 1 aromatic rings. The van der Waals surface area contributed by atoms with Gasteiger partial charge in [-0.25, -0.2) is 4.99 Å². The first-order valence-electron chi connectivity index (χ1n) is 4.17. The number of methoxy groups -OCH3 is 1. The van der Waals surface area contributed by atoms with Gasteiger partial charge in [-0.05, 0) is 24.4 Å². The van der Waals surface area contributed by atoms with Gasteiger partial charge in [-0.1, -0.05) is 6.07 Å². The Hall–Kier alpha value is -1.38. The summed E-state index contributed by atoms with van der Waals surface area (Å²) in [5.74, 6) is 1.55. The lowest BCUT2D eigenvalue weighted by Crippen LogP contribution is -2.00. The van der Waals surface area contributed by atoms with E-state index in [1.165, 1.54) is 0 Å². The van der Waals surface area contributed by atoms with Crippen LogP contribution in [0.3, 0.4) is 0 Å². The van der Waals surface area contributed by atoms with E-state index in [4.69, 9.17) is 9.47 Å². The van der Waals surface area contributed by atoms with Gasteiger partial charge in [-0.2, -0.15) is 0 Å². The van der Waals surface area contributed by atoms with Crippen molar-refractivity contribution in [1.82, 2.24) is 0 Å². The highest BCUT2D eigenvalue weighted by Crippen LogP contribution is 2.18. The van der Waals surface area contributed by atoms with Gasteiger partial charge in [-0.15, -0.1) is 0 Å². The summed E-state index contributed by atoms with van der Waals surface area (Å²) in [6.07, 6.45) is 0. The molecule has 1 aromatic carbocycles. The van der Waals surface area contributed by atoms with Gasteiger partial charge in [0.1, 0.15) is 18.1 Å². The van der Waals surface area contributed by atoms with Crippen LogP contribution in [0.1, 0.15) is 0 Å². The van der Waals surface area contributed by atoms with Gasteiger partial charge in [0.25, 0.3) is 0 Å². The molecule has 0 radical (unpaired) electrons. The minimum Gasteiger partial charge on any atom is -0.497 e. The molecule has 1 rings (SSSR count). The first-order valence-corrected chi connectivity index (χ1v) is 4.58. The number of thiocarbonyl (C=S) groups is 1. The Balaban J connectivity index is 2.45. The van der Waals surface area contributed by atoms with E-state index in [9.17, 15) is 0 Å². The molecule has 0 aliphatic carbocycles. The fourth-order valence-corrected chi connectivity index (χ4v) is 1.04. The second-order valence-corrected chi connectivity index (χ2v) is 2.68. The van der Waals surface area contributed by atoms with E-state index in [1.54, 1.807) is 7.11 Å². The van der Waals surface area contributed by atoms with E-state index < -0.39 is 0 Å². The standard InChI is InChI=1S/C10H11NO2S/c1-12-9-3-2-4-10(7-9)13-6-5-11-8-14/h2-4,7H,5-6H2,1H3. The van der Waals surface area contributed by atoms with Crippen LogP contribution < -0.4 is 9.47 Å². The van der Waals surface area contributed by atoms with Crippen LogP contribution in [0.2, 0.25) is 0 Å². The zero-order valence-electron chi connectivity index (χ0n) is 7.90. The van der Waals surface area contributed by atoms with Crippen LogP contribution in [0.4, 0.5) is 0 Å². The number of hydrogen-bond acceptors (Lipinski definition) is 4. The minimum absolute atomic E-state index is 0.497. The Morgan fingerprint density at radius 1 is 1.43 bits per heavy atom. The van der Waals surface area contributed by atoms with Crippen molar-refractivity contribution in [2.75, 3.05) is 20.3 Å². The maximum Gasteiger partial charge on any atom is 0.123 e. The van der Waals surface area contributed by atoms with Crippen LogP contribution in [-0.2, 0) is 0 Å². The molecule has 0 atom stereocenters. The topological polar surface area (TPSA) is 30.8 Å². The van der Waals surface area contributed by atoms with E-state index in [-0.39, 0.29) is 0 Å². The van der Waals surface area contributed by atoms with Crippen LogP contribution >= 0.6 is 12.2 Å². The maximum absolute atomic E-state index is 5.39. The summed E-state index contributed by atoms with van der Waals surface area (Å²) in [6.45, 7) is 1.03. The van der Waals surface area contributed by atoms with E-state index in [0.29, 0.717) is 13.2 Å². The molecule has 0 saturated carbocycles. The normalized spacial score (nSPS) is 8.93. The number of rotatable bonds is 5. The van der Waals surface area contributed by atoms with E-state index in [0.717, 1.165) is 11.5 Å². The van der Waals surface area contributed by atoms with Gasteiger partial charge in [0.05, 0.1) is 18.8 Å². The predicted molar refractivity (Wildman–Crippen MR) is 58.4 cm³/mol. The Kier molecular flexibility index (Phi) is 4.69. The lowest BCUT2D eigenvalue weighted by atomic mass is 10.3. The van der Waals surface area contributed by atoms with Gasteiger partial charge in [0.2, 0.25) is 0 Å². The largest absolute Gasteiger partial charge is 0.497 e. The molecule has 0 N–H and O–H groups in total. The summed E-state index contributed by atoms with van der Waals surface area (Å²) in [6, 6.07) is 7.42. The average molecular weight is 209 g/mol. The lowest BCUT2D eigenvalue weighted by molar-refractivity contribution is 0.325. The first-order chi connectivity index (χ1) is 6.86. The lowest BCUT2D eigenvalue weighted by Gasteiger charge is -2.05. The second-order valence-electron chi connectivity index (χ2n) is 2.50. The number of ether oxygens (including phenoxy) is 2. The van der Waals surface area contributed by atoms with Gasteiger partial charge >= 0.3 is 0 Å². The Labute approximate surface area is 88.4 Å². The van der Waals surface area contributed by atoms with E-state index in [2.05, 4.69) is 22.4 Å². The third kappa shape index (κ3) is 3.56. The molecule has 0 aliphatic heterocycles. The van der Waals surface area contributed by atoms with Crippen molar-refractivity contribution >= 4 is 17.4 Å². The molecule has 0 spiro atoms. The summed E-state index contributed by atoms with van der Waals surface area (Å²) >= 11 is 4.43. The first kappa shape index (κ1) is 10.7. The van der Waals surface area contributed by atoms with E-state index in [1.807, 2.05) is 24.3 Å². The number of isothiocyanates is 1. The van der Waals surface area contributed by atoms with Crippen LogP contribution in [0, 0.1) is 0 Å². The molecule has 74 valence electrons.